The van der Waals surface area contributed by atoms with E-state index in [0.717, 1.165) is 19.3 Å². The molecule has 1 N–H and O–H groups in total. The van der Waals surface area contributed by atoms with E-state index >= 15 is 0 Å². The zero-order valence-electron chi connectivity index (χ0n) is 23.0. The first-order valence-corrected chi connectivity index (χ1v) is 13.5. The standard InChI is InChI=1S/C31H32ClN3O5/c1-31(2,3)40-30(38)20-9-12-23(13-10-20)34-29(37)26(14-19-6-5-7-19)35-18-27(39-4)25(16-28(35)36)24-15-22(32)11-8-21(24)17-33/h8-13,15-16,18-19,26H,5-7,14H2,1-4H3,(H,34,37). The molecule has 1 saturated carbocycles. The first kappa shape index (κ1) is 28.9. The molecule has 40 heavy (non-hydrogen) atoms. The molecule has 0 radical (unpaired) electrons. The molecular formula is C31H32ClN3O5. The van der Waals surface area contributed by atoms with Crippen molar-refractivity contribution in [2.24, 2.45) is 5.92 Å². The molecule has 1 aliphatic carbocycles. The molecule has 0 spiro atoms. The van der Waals surface area contributed by atoms with E-state index in [4.69, 9.17) is 21.1 Å². The molecular weight excluding hydrogens is 530 g/mol. The molecule has 1 aromatic heterocycles. The fourth-order valence-electron chi connectivity index (χ4n) is 4.63. The fraction of sp³-hybridized carbons (Fsp3) is 0.355. The van der Waals surface area contributed by atoms with Gasteiger partial charge in [-0.3, -0.25) is 14.2 Å². The number of amides is 1. The van der Waals surface area contributed by atoms with E-state index in [-0.39, 0.29) is 5.91 Å². The summed E-state index contributed by atoms with van der Waals surface area (Å²) in [6.45, 7) is 5.38. The number of hydrogen-bond donors (Lipinski definition) is 1. The van der Waals surface area contributed by atoms with Gasteiger partial charge in [-0.25, -0.2) is 4.79 Å². The van der Waals surface area contributed by atoms with Crippen LogP contribution in [-0.4, -0.2) is 29.2 Å². The second kappa shape index (κ2) is 12.0. The van der Waals surface area contributed by atoms with E-state index in [9.17, 15) is 19.6 Å². The van der Waals surface area contributed by atoms with Gasteiger partial charge in [-0.1, -0.05) is 30.9 Å². The van der Waals surface area contributed by atoms with Crippen LogP contribution in [0.4, 0.5) is 5.69 Å². The average Bonchev–Trinajstić information content (AvgIpc) is 2.87. The molecule has 1 amide bonds. The highest BCUT2D eigenvalue weighted by Crippen LogP contribution is 2.37. The van der Waals surface area contributed by atoms with Gasteiger partial charge in [0.05, 0.1) is 30.5 Å². The van der Waals surface area contributed by atoms with Crippen LogP contribution in [0.2, 0.25) is 5.02 Å². The number of halogens is 1. The minimum Gasteiger partial charge on any atom is -0.495 e. The Balaban J connectivity index is 1.65. The lowest BCUT2D eigenvalue weighted by molar-refractivity contribution is -0.120. The number of hydrogen-bond acceptors (Lipinski definition) is 6. The molecule has 1 aliphatic rings. The van der Waals surface area contributed by atoms with Gasteiger partial charge in [0.15, 0.2) is 0 Å². The number of rotatable bonds is 8. The zero-order chi connectivity index (χ0) is 29.0. The highest BCUT2D eigenvalue weighted by Gasteiger charge is 2.30. The lowest BCUT2D eigenvalue weighted by Gasteiger charge is -2.30. The zero-order valence-corrected chi connectivity index (χ0v) is 23.7. The van der Waals surface area contributed by atoms with E-state index in [2.05, 4.69) is 11.4 Å². The van der Waals surface area contributed by atoms with E-state index < -0.39 is 23.2 Å². The number of carbonyl (C=O) groups excluding carboxylic acids is 2. The van der Waals surface area contributed by atoms with Gasteiger partial charge in [-0.15, -0.1) is 0 Å². The van der Waals surface area contributed by atoms with Crippen molar-refractivity contribution in [3.63, 3.8) is 0 Å². The predicted octanol–water partition coefficient (Wildman–Crippen LogP) is 6.37. The van der Waals surface area contributed by atoms with Gasteiger partial charge in [0.25, 0.3) is 5.56 Å². The maximum absolute atomic E-state index is 13.6. The number of aromatic nitrogens is 1. The number of esters is 1. The Morgan fingerprint density at radius 3 is 2.40 bits per heavy atom. The average molecular weight is 562 g/mol. The summed E-state index contributed by atoms with van der Waals surface area (Å²) < 4.78 is 12.4. The van der Waals surface area contributed by atoms with Crippen LogP contribution in [0.15, 0.2) is 59.5 Å². The molecule has 2 aromatic carbocycles. The van der Waals surface area contributed by atoms with Gasteiger partial charge in [-0.05, 0) is 75.6 Å². The number of benzene rings is 2. The van der Waals surface area contributed by atoms with Crippen molar-refractivity contribution < 1.29 is 19.1 Å². The van der Waals surface area contributed by atoms with Gasteiger partial charge in [0.2, 0.25) is 5.91 Å². The molecule has 8 nitrogen and oxygen atoms in total. The predicted molar refractivity (Wildman–Crippen MR) is 154 cm³/mol. The van der Waals surface area contributed by atoms with Gasteiger partial charge >= 0.3 is 5.97 Å². The Bertz CT molecular complexity index is 1510. The van der Waals surface area contributed by atoms with Gasteiger partial charge in [0, 0.05) is 27.9 Å². The minimum atomic E-state index is -0.791. The largest absolute Gasteiger partial charge is 0.495 e. The first-order chi connectivity index (χ1) is 19.0. The number of nitrogens with one attached hydrogen (secondary N) is 1. The number of nitrogens with zero attached hydrogens (tertiary/aromatic N) is 2. The van der Waals surface area contributed by atoms with Crippen molar-refractivity contribution in [3.05, 3.63) is 81.2 Å². The molecule has 208 valence electrons. The third-order valence-electron chi connectivity index (χ3n) is 6.86. The highest BCUT2D eigenvalue weighted by atomic mass is 35.5. The molecule has 0 saturated heterocycles. The fourth-order valence-corrected chi connectivity index (χ4v) is 4.80. The molecule has 1 unspecified atom stereocenters. The van der Waals surface area contributed by atoms with Crippen molar-refractivity contribution in [2.75, 3.05) is 12.4 Å². The van der Waals surface area contributed by atoms with Crippen LogP contribution in [-0.2, 0) is 9.53 Å². The first-order valence-electron chi connectivity index (χ1n) is 13.1. The Labute approximate surface area is 238 Å². The molecule has 1 heterocycles. The van der Waals surface area contributed by atoms with Gasteiger partial charge < -0.3 is 14.8 Å². The second-order valence-corrected chi connectivity index (χ2v) is 11.4. The van der Waals surface area contributed by atoms with Crippen LogP contribution in [0.1, 0.15) is 68.4 Å². The van der Waals surface area contributed by atoms with Crippen molar-refractivity contribution in [1.82, 2.24) is 4.57 Å². The normalized spacial score (nSPS) is 14.0. The maximum Gasteiger partial charge on any atom is 0.338 e. The van der Waals surface area contributed by atoms with Crippen LogP contribution in [0.3, 0.4) is 0 Å². The summed E-state index contributed by atoms with van der Waals surface area (Å²) in [7, 11) is 1.47. The monoisotopic (exact) mass is 561 g/mol. The Hall–Kier alpha value is -4.09. The summed E-state index contributed by atoms with van der Waals surface area (Å²) in [5.41, 5.74) is 1.08. The van der Waals surface area contributed by atoms with Crippen LogP contribution in [0, 0.1) is 17.2 Å². The summed E-state index contributed by atoms with van der Waals surface area (Å²) in [5, 5.41) is 12.9. The molecule has 9 heteroatoms. The number of pyridine rings is 1. The van der Waals surface area contributed by atoms with E-state index in [0.29, 0.717) is 51.1 Å². The number of methoxy groups -OCH3 is 1. The molecule has 0 aliphatic heterocycles. The summed E-state index contributed by atoms with van der Waals surface area (Å²) in [6, 6.07) is 14.0. The second-order valence-electron chi connectivity index (χ2n) is 10.9. The van der Waals surface area contributed by atoms with Crippen LogP contribution in [0.25, 0.3) is 11.1 Å². The molecule has 1 fully saturated rings. The van der Waals surface area contributed by atoms with Crippen molar-refractivity contribution >= 4 is 29.2 Å². The quantitative estimate of drug-likeness (QED) is 0.320. The molecule has 1 atom stereocenters. The highest BCUT2D eigenvalue weighted by molar-refractivity contribution is 6.31. The van der Waals surface area contributed by atoms with E-state index in [1.807, 2.05) is 0 Å². The molecule has 0 bridgehead atoms. The van der Waals surface area contributed by atoms with Crippen LogP contribution >= 0.6 is 11.6 Å². The Kier molecular flexibility index (Phi) is 8.65. The van der Waals surface area contributed by atoms with Crippen molar-refractivity contribution in [2.45, 2.75) is 58.1 Å². The van der Waals surface area contributed by atoms with Crippen molar-refractivity contribution in [3.8, 4) is 22.9 Å². The lowest BCUT2D eigenvalue weighted by Crippen LogP contribution is -2.35. The van der Waals surface area contributed by atoms with Crippen LogP contribution in [0.5, 0.6) is 5.75 Å². The topological polar surface area (TPSA) is 110 Å². The van der Waals surface area contributed by atoms with E-state index in [1.54, 1.807) is 63.2 Å². The third kappa shape index (κ3) is 6.72. The summed E-state index contributed by atoms with van der Waals surface area (Å²) in [4.78, 5) is 39.4. The lowest BCUT2D eigenvalue weighted by atomic mass is 9.80. The van der Waals surface area contributed by atoms with Crippen molar-refractivity contribution in [1.29, 1.82) is 5.26 Å². The number of nitriles is 1. The summed E-state index contributed by atoms with van der Waals surface area (Å²) in [6.07, 6.45) is 5.09. The number of anilines is 1. The maximum atomic E-state index is 13.6. The summed E-state index contributed by atoms with van der Waals surface area (Å²) >= 11 is 6.18. The molecule has 4 rings (SSSR count). The van der Waals surface area contributed by atoms with Gasteiger partial charge in [0.1, 0.15) is 17.4 Å². The summed E-state index contributed by atoms with van der Waals surface area (Å²) in [5.74, 6) is -0.145. The Morgan fingerprint density at radius 2 is 1.82 bits per heavy atom. The van der Waals surface area contributed by atoms with E-state index in [1.165, 1.54) is 23.9 Å². The number of ether oxygens (including phenoxy) is 2. The Morgan fingerprint density at radius 1 is 1.12 bits per heavy atom. The smallest absolute Gasteiger partial charge is 0.338 e. The van der Waals surface area contributed by atoms with Crippen LogP contribution < -0.4 is 15.6 Å². The molecule has 3 aromatic rings. The van der Waals surface area contributed by atoms with Gasteiger partial charge in [-0.2, -0.15) is 5.26 Å². The number of carbonyl (C=O) groups is 2. The third-order valence-corrected chi connectivity index (χ3v) is 7.10. The minimum absolute atomic E-state index is 0.320. The SMILES string of the molecule is COc1cn(C(CC2CCC2)C(=O)Nc2ccc(C(=O)OC(C)(C)C)cc2)c(=O)cc1-c1cc(Cl)ccc1C#N.